The van der Waals surface area contributed by atoms with Crippen LogP contribution in [0.2, 0.25) is 0 Å². The molecular weight excluding hydrogens is 164 g/mol. The summed E-state index contributed by atoms with van der Waals surface area (Å²) in [6, 6.07) is 0. The van der Waals surface area contributed by atoms with E-state index in [1.165, 1.54) is 18.4 Å². The van der Waals surface area contributed by atoms with E-state index in [0.717, 1.165) is 12.8 Å². The number of unbranched alkanes of at least 4 members (excludes halogenated alkanes) is 1. The Kier molecular flexibility index (Phi) is 7.36. The van der Waals surface area contributed by atoms with Crippen LogP contribution >= 0.6 is 0 Å². The largest absolute Gasteiger partial charge is 0.481 e. The molecule has 0 fully saturated rings. The molecule has 13 heavy (non-hydrogen) atoms. The summed E-state index contributed by atoms with van der Waals surface area (Å²) in [5.74, 6) is -0.706. The van der Waals surface area contributed by atoms with Gasteiger partial charge in [-0.15, -0.1) is 0 Å². The van der Waals surface area contributed by atoms with Crippen LogP contribution in [0.1, 0.15) is 52.4 Å². The highest BCUT2D eigenvalue weighted by Crippen LogP contribution is 2.12. The highest BCUT2D eigenvalue weighted by molar-refractivity contribution is 5.66. The first-order valence-electron chi connectivity index (χ1n) is 5.10. The molecule has 0 saturated heterocycles. The standard InChI is InChI=1S/C11H20O2/c1-3-5-7-10(4-2)8-6-9-11(12)13/h8H,3-7,9H2,1-2H3,(H,12,13)/b10-8-. The molecule has 2 heteroatoms. The van der Waals surface area contributed by atoms with Crippen molar-refractivity contribution in [3.8, 4) is 0 Å². The predicted molar refractivity (Wildman–Crippen MR) is 54.8 cm³/mol. The fraction of sp³-hybridized carbons (Fsp3) is 0.727. The summed E-state index contributed by atoms with van der Waals surface area (Å²) in [6.45, 7) is 4.30. The second-order valence-corrected chi connectivity index (χ2v) is 3.25. The molecule has 0 aliphatic heterocycles. The van der Waals surface area contributed by atoms with E-state index < -0.39 is 5.97 Å². The van der Waals surface area contributed by atoms with Crippen LogP contribution in [0.5, 0.6) is 0 Å². The highest BCUT2D eigenvalue weighted by Gasteiger charge is 1.96. The molecule has 1 N–H and O–H groups in total. The van der Waals surface area contributed by atoms with Gasteiger partial charge in [-0.3, -0.25) is 4.79 Å². The molecular formula is C11H20O2. The Labute approximate surface area is 80.7 Å². The van der Waals surface area contributed by atoms with Gasteiger partial charge in [0.25, 0.3) is 0 Å². The molecule has 0 aliphatic carbocycles. The van der Waals surface area contributed by atoms with E-state index in [0.29, 0.717) is 6.42 Å². The van der Waals surface area contributed by atoms with Crippen LogP contribution in [-0.2, 0) is 4.79 Å². The zero-order valence-electron chi connectivity index (χ0n) is 8.68. The fourth-order valence-corrected chi connectivity index (χ4v) is 1.23. The van der Waals surface area contributed by atoms with Crippen LogP contribution in [0.25, 0.3) is 0 Å². The summed E-state index contributed by atoms with van der Waals surface area (Å²) in [7, 11) is 0. The van der Waals surface area contributed by atoms with Crippen LogP contribution in [0.3, 0.4) is 0 Å². The highest BCUT2D eigenvalue weighted by atomic mass is 16.4. The molecule has 0 spiro atoms. The van der Waals surface area contributed by atoms with E-state index in [2.05, 4.69) is 19.9 Å². The van der Waals surface area contributed by atoms with Gasteiger partial charge < -0.3 is 5.11 Å². The second-order valence-electron chi connectivity index (χ2n) is 3.25. The molecule has 0 unspecified atom stereocenters. The lowest BCUT2D eigenvalue weighted by Crippen LogP contribution is -1.92. The van der Waals surface area contributed by atoms with Crippen LogP contribution in [0.15, 0.2) is 11.6 Å². The minimum Gasteiger partial charge on any atom is -0.481 e. The first-order valence-corrected chi connectivity index (χ1v) is 5.10. The number of carbonyl (C=O) groups is 1. The molecule has 0 aromatic carbocycles. The van der Waals surface area contributed by atoms with Gasteiger partial charge >= 0.3 is 5.97 Å². The average molecular weight is 184 g/mol. The first-order chi connectivity index (χ1) is 6.20. The molecule has 0 bridgehead atoms. The van der Waals surface area contributed by atoms with Crippen LogP contribution in [0.4, 0.5) is 0 Å². The lowest BCUT2D eigenvalue weighted by atomic mass is 10.0. The van der Waals surface area contributed by atoms with E-state index in [4.69, 9.17) is 5.11 Å². The Hall–Kier alpha value is -0.790. The maximum atomic E-state index is 10.3. The van der Waals surface area contributed by atoms with Crippen molar-refractivity contribution in [3.05, 3.63) is 11.6 Å². The van der Waals surface area contributed by atoms with Crippen molar-refractivity contribution < 1.29 is 9.90 Å². The summed E-state index contributed by atoms with van der Waals surface area (Å²) < 4.78 is 0. The van der Waals surface area contributed by atoms with Crippen molar-refractivity contribution in [2.75, 3.05) is 0 Å². The number of carboxylic acids is 1. The third-order valence-electron chi connectivity index (χ3n) is 2.10. The zero-order chi connectivity index (χ0) is 10.1. The van der Waals surface area contributed by atoms with Crippen molar-refractivity contribution in [2.45, 2.75) is 52.4 Å². The fourth-order valence-electron chi connectivity index (χ4n) is 1.23. The first kappa shape index (κ1) is 12.2. The van der Waals surface area contributed by atoms with Crippen molar-refractivity contribution in [3.63, 3.8) is 0 Å². The van der Waals surface area contributed by atoms with Gasteiger partial charge in [0.05, 0.1) is 0 Å². The number of aliphatic carboxylic acids is 1. The average Bonchev–Trinajstić information content (AvgIpc) is 2.10. The number of carboxylic acid groups (broad SMARTS) is 1. The Balaban J connectivity index is 3.71. The molecule has 0 aromatic rings. The van der Waals surface area contributed by atoms with Gasteiger partial charge in [0.1, 0.15) is 0 Å². The third kappa shape index (κ3) is 7.57. The lowest BCUT2D eigenvalue weighted by molar-refractivity contribution is -0.136. The van der Waals surface area contributed by atoms with E-state index in [9.17, 15) is 4.79 Å². The molecule has 0 amide bonds. The van der Waals surface area contributed by atoms with E-state index in [-0.39, 0.29) is 6.42 Å². The van der Waals surface area contributed by atoms with Gasteiger partial charge in [-0.05, 0) is 25.7 Å². The molecule has 0 saturated carbocycles. The summed E-state index contributed by atoms with van der Waals surface area (Å²) in [4.78, 5) is 10.3. The second kappa shape index (κ2) is 7.84. The Morgan fingerprint density at radius 3 is 2.46 bits per heavy atom. The van der Waals surface area contributed by atoms with E-state index >= 15 is 0 Å². The molecule has 0 radical (unpaired) electrons. The zero-order valence-corrected chi connectivity index (χ0v) is 8.68. The van der Waals surface area contributed by atoms with Crippen LogP contribution in [-0.4, -0.2) is 11.1 Å². The number of hydrogen-bond acceptors (Lipinski definition) is 1. The topological polar surface area (TPSA) is 37.3 Å². The van der Waals surface area contributed by atoms with Gasteiger partial charge in [0, 0.05) is 6.42 Å². The van der Waals surface area contributed by atoms with Crippen molar-refractivity contribution in [2.24, 2.45) is 0 Å². The SMILES string of the molecule is CCCC/C(=C\CCC(=O)O)CC. The van der Waals surface area contributed by atoms with E-state index in [1.807, 2.05) is 0 Å². The van der Waals surface area contributed by atoms with Gasteiger partial charge in [-0.25, -0.2) is 0 Å². The minimum absolute atomic E-state index is 0.260. The molecule has 0 rings (SSSR count). The van der Waals surface area contributed by atoms with Gasteiger partial charge in [-0.2, -0.15) is 0 Å². The maximum Gasteiger partial charge on any atom is 0.303 e. The Morgan fingerprint density at radius 1 is 1.31 bits per heavy atom. The minimum atomic E-state index is -0.706. The van der Waals surface area contributed by atoms with Crippen LogP contribution in [0, 0.1) is 0 Å². The third-order valence-corrected chi connectivity index (χ3v) is 2.10. The summed E-state index contributed by atoms with van der Waals surface area (Å²) in [5, 5.41) is 8.45. The summed E-state index contributed by atoms with van der Waals surface area (Å²) in [5.41, 5.74) is 1.41. The smallest absolute Gasteiger partial charge is 0.303 e. The van der Waals surface area contributed by atoms with Gasteiger partial charge in [0.2, 0.25) is 0 Å². The van der Waals surface area contributed by atoms with E-state index in [1.54, 1.807) is 0 Å². The summed E-state index contributed by atoms with van der Waals surface area (Å²) in [6.07, 6.45) is 7.64. The van der Waals surface area contributed by atoms with Crippen molar-refractivity contribution >= 4 is 5.97 Å². The van der Waals surface area contributed by atoms with Crippen molar-refractivity contribution in [1.29, 1.82) is 0 Å². The molecule has 0 aliphatic rings. The Bertz CT molecular complexity index is 171. The van der Waals surface area contributed by atoms with Crippen LogP contribution < -0.4 is 0 Å². The molecule has 0 heterocycles. The Morgan fingerprint density at radius 2 is 2.00 bits per heavy atom. The number of allylic oxidation sites excluding steroid dienone is 2. The molecule has 0 aromatic heterocycles. The maximum absolute atomic E-state index is 10.3. The van der Waals surface area contributed by atoms with Crippen molar-refractivity contribution in [1.82, 2.24) is 0 Å². The molecule has 2 nitrogen and oxygen atoms in total. The quantitative estimate of drug-likeness (QED) is 0.616. The van der Waals surface area contributed by atoms with Gasteiger partial charge in [0.15, 0.2) is 0 Å². The number of rotatable bonds is 7. The monoisotopic (exact) mass is 184 g/mol. The number of hydrogen-bond donors (Lipinski definition) is 1. The molecule has 0 atom stereocenters. The molecule has 76 valence electrons. The predicted octanol–water partition coefficient (Wildman–Crippen LogP) is 3.38. The normalized spacial score (nSPS) is 11.7. The lowest BCUT2D eigenvalue weighted by Gasteiger charge is -2.02. The summed E-state index contributed by atoms with van der Waals surface area (Å²) >= 11 is 0. The van der Waals surface area contributed by atoms with Gasteiger partial charge in [-0.1, -0.05) is 31.9 Å².